The number of carbonyl (C=O) groups is 1. The predicted octanol–water partition coefficient (Wildman–Crippen LogP) is 1.79. The molecule has 1 amide bonds. The van der Waals surface area contributed by atoms with Crippen molar-refractivity contribution in [3.63, 3.8) is 0 Å². The number of benzene rings is 1. The van der Waals surface area contributed by atoms with Gasteiger partial charge in [-0.15, -0.1) is 11.8 Å². The minimum Gasteiger partial charge on any atom is -0.355 e. The summed E-state index contributed by atoms with van der Waals surface area (Å²) >= 11 is 1.66. The van der Waals surface area contributed by atoms with Gasteiger partial charge in [0.2, 0.25) is 5.91 Å². The van der Waals surface area contributed by atoms with Crippen LogP contribution in [0.2, 0.25) is 0 Å². The minimum absolute atomic E-state index is 0.0131. The quantitative estimate of drug-likeness (QED) is 0.893. The average Bonchev–Trinajstić information content (AvgIpc) is 3.07. The number of imidazole rings is 1. The second-order valence-corrected chi connectivity index (χ2v) is 5.78. The Hall–Kier alpha value is -1.75. The molecule has 0 fully saturated rings. The van der Waals surface area contributed by atoms with E-state index in [1.807, 2.05) is 12.1 Å². The van der Waals surface area contributed by atoms with E-state index in [0.29, 0.717) is 6.54 Å². The summed E-state index contributed by atoms with van der Waals surface area (Å²) in [7, 11) is 0. The summed E-state index contributed by atoms with van der Waals surface area (Å²) in [4.78, 5) is 20.3. The van der Waals surface area contributed by atoms with Crippen LogP contribution in [-0.2, 0) is 17.6 Å². The molecule has 3 rings (SSSR count). The molecule has 2 aromatic rings. The molecule has 0 aliphatic carbocycles. The van der Waals surface area contributed by atoms with E-state index in [1.165, 1.54) is 10.5 Å². The molecule has 0 bridgehead atoms. The van der Waals surface area contributed by atoms with Gasteiger partial charge in [0, 0.05) is 29.8 Å². The van der Waals surface area contributed by atoms with Crippen molar-refractivity contribution >= 4 is 17.7 Å². The van der Waals surface area contributed by atoms with E-state index in [9.17, 15) is 4.79 Å². The van der Waals surface area contributed by atoms with Crippen LogP contribution >= 0.6 is 11.8 Å². The lowest BCUT2D eigenvalue weighted by Gasteiger charge is -2.09. The fourth-order valence-corrected chi connectivity index (χ4v) is 3.40. The molecular weight excluding hydrogens is 258 g/mol. The first-order chi connectivity index (χ1) is 9.33. The van der Waals surface area contributed by atoms with Crippen LogP contribution in [0, 0.1) is 0 Å². The summed E-state index contributed by atoms with van der Waals surface area (Å²) in [5.41, 5.74) is 2.32. The molecule has 4 nitrogen and oxygen atoms in total. The average molecular weight is 273 g/mol. The van der Waals surface area contributed by atoms with Crippen LogP contribution in [0.1, 0.15) is 11.3 Å². The van der Waals surface area contributed by atoms with Crippen molar-refractivity contribution in [3.05, 3.63) is 48.0 Å². The third kappa shape index (κ3) is 2.81. The zero-order valence-corrected chi connectivity index (χ0v) is 11.2. The Morgan fingerprint density at radius 2 is 2.37 bits per heavy atom. The first-order valence-electron chi connectivity index (χ1n) is 6.32. The highest BCUT2D eigenvalue weighted by Crippen LogP contribution is 2.36. The summed E-state index contributed by atoms with van der Waals surface area (Å²) < 4.78 is 0. The number of amides is 1. The molecule has 0 unspecified atom stereocenters. The molecule has 2 heterocycles. The number of aromatic amines is 1. The van der Waals surface area contributed by atoms with Crippen LogP contribution in [-0.4, -0.2) is 27.7 Å². The molecule has 1 aliphatic rings. The largest absolute Gasteiger partial charge is 0.355 e. The lowest BCUT2D eigenvalue weighted by atomic mass is 10.1. The Labute approximate surface area is 116 Å². The first-order valence-corrected chi connectivity index (χ1v) is 7.20. The van der Waals surface area contributed by atoms with Gasteiger partial charge in [-0.1, -0.05) is 18.2 Å². The van der Waals surface area contributed by atoms with E-state index in [2.05, 4.69) is 27.4 Å². The lowest BCUT2D eigenvalue weighted by molar-refractivity contribution is -0.120. The van der Waals surface area contributed by atoms with Crippen LogP contribution in [0.4, 0.5) is 0 Å². The maximum Gasteiger partial charge on any atom is 0.233 e. The standard InChI is InChI=1S/C14H15N3OS/c18-14(16-6-5-11-8-15-9-17-11)13-7-10-3-1-2-4-12(10)19-13/h1-4,8-9,13H,5-7H2,(H,15,17)(H,16,18)/t13-/m0/s1. The van der Waals surface area contributed by atoms with E-state index in [1.54, 1.807) is 24.3 Å². The number of hydrogen-bond donors (Lipinski definition) is 2. The number of rotatable bonds is 4. The number of hydrogen-bond acceptors (Lipinski definition) is 3. The molecule has 1 atom stereocenters. The van der Waals surface area contributed by atoms with Crippen LogP contribution in [0.5, 0.6) is 0 Å². The molecule has 0 saturated carbocycles. The van der Waals surface area contributed by atoms with Gasteiger partial charge < -0.3 is 10.3 Å². The molecule has 2 N–H and O–H groups in total. The van der Waals surface area contributed by atoms with E-state index in [0.717, 1.165) is 18.5 Å². The highest BCUT2D eigenvalue weighted by Gasteiger charge is 2.27. The molecule has 98 valence electrons. The summed E-state index contributed by atoms with van der Waals surface area (Å²) in [5, 5.41) is 3.00. The lowest BCUT2D eigenvalue weighted by Crippen LogP contribution is -2.33. The molecule has 0 saturated heterocycles. The normalized spacial score (nSPS) is 17.2. The number of thioether (sulfide) groups is 1. The molecule has 0 spiro atoms. The zero-order chi connectivity index (χ0) is 13.1. The number of carbonyl (C=O) groups excluding carboxylic acids is 1. The van der Waals surface area contributed by atoms with Gasteiger partial charge in [-0.3, -0.25) is 4.79 Å². The Morgan fingerprint density at radius 1 is 1.47 bits per heavy atom. The number of nitrogens with zero attached hydrogens (tertiary/aromatic N) is 1. The van der Waals surface area contributed by atoms with Gasteiger partial charge in [-0.05, 0) is 18.1 Å². The summed E-state index contributed by atoms with van der Waals surface area (Å²) in [6.45, 7) is 0.647. The maximum absolute atomic E-state index is 12.1. The van der Waals surface area contributed by atoms with Crippen molar-refractivity contribution < 1.29 is 4.79 Å². The van der Waals surface area contributed by atoms with Gasteiger partial charge >= 0.3 is 0 Å². The Morgan fingerprint density at radius 3 is 3.16 bits per heavy atom. The van der Waals surface area contributed by atoms with Crippen LogP contribution in [0.15, 0.2) is 41.7 Å². The number of fused-ring (bicyclic) bond motifs is 1. The summed E-state index contributed by atoms with van der Waals surface area (Å²) in [5.74, 6) is 0.126. The highest BCUT2D eigenvalue weighted by atomic mass is 32.2. The van der Waals surface area contributed by atoms with E-state index < -0.39 is 0 Å². The smallest absolute Gasteiger partial charge is 0.233 e. The van der Waals surface area contributed by atoms with E-state index >= 15 is 0 Å². The fourth-order valence-electron chi connectivity index (χ4n) is 2.18. The van der Waals surface area contributed by atoms with Gasteiger partial charge in [-0.25, -0.2) is 4.98 Å². The van der Waals surface area contributed by atoms with Gasteiger partial charge in [0.05, 0.1) is 11.6 Å². The van der Waals surface area contributed by atoms with Crippen LogP contribution in [0.3, 0.4) is 0 Å². The van der Waals surface area contributed by atoms with Crippen molar-refractivity contribution in [1.82, 2.24) is 15.3 Å². The number of nitrogens with one attached hydrogen (secondary N) is 2. The summed E-state index contributed by atoms with van der Waals surface area (Å²) in [6.07, 6.45) is 5.06. The van der Waals surface area contributed by atoms with Gasteiger partial charge in [0.25, 0.3) is 0 Å². The van der Waals surface area contributed by atoms with Crippen molar-refractivity contribution in [1.29, 1.82) is 0 Å². The summed E-state index contributed by atoms with van der Waals surface area (Å²) in [6, 6.07) is 8.22. The van der Waals surface area contributed by atoms with Crippen molar-refractivity contribution in [2.45, 2.75) is 23.0 Å². The van der Waals surface area contributed by atoms with Gasteiger partial charge in [-0.2, -0.15) is 0 Å². The van der Waals surface area contributed by atoms with E-state index in [-0.39, 0.29) is 11.2 Å². The maximum atomic E-state index is 12.1. The third-order valence-corrected chi connectivity index (χ3v) is 4.51. The van der Waals surface area contributed by atoms with Crippen LogP contribution in [0.25, 0.3) is 0 Å². The fraction of sp³-hybridized carbons (Fsp3) is 0.286. The van der Waals surface area contributed by atoms with Gasteiger partial charge in [0.1, 0.15) is 0 Å². The molecule has 5 heteroatoms. The second-order valence-electron chi connectivity index (χ2n) is 4.54. The minimum atomic E-state index is 0.0131. The molecule has 1 aromatic heterocycles. The molecule has 1 aromatic carbocycles. The van der Waals surface area contributed by atoms with Gasteiger partial charge in [0.15, 0.2) is 0 Å². The predicted molar refractivity (Wildman–Crippen MR) is 75.1 cm³/mol. The molecule has 19 heavy (non-hydrogen) atoms. The van der Waals surface area contributed by atoms with Crippen molar-refractivity contribution in [2.24, 2.45) is 0 Å². The topological polar surface area (TPSA) is 57.8 Å². The number of H-pyrrole nitrogens is 1. The van der Waals surface area contributed by atoms with Crippen molar-refractivity contribution in [3.8, 4) is 0 Å². The highest BCUT2D eigenvalue weighted by molar-refractivity contribution is 8.01. The SMILES string of the molecule is O=C(NCCc1cnc[nH]1)[C@@H]1Cc2ccccc2S1. The number of aromatic nitrogens is 2. The molecule has 1 aliphatic heterocycles. The first kappa shape index (κ1) is 12.3. The second kappa shape index (κ2) is 5.48. The van der Waals surface area contributed by atoms with Crippen LogP contribution < -0.4 is 5.32 Å². The Bertz CT molecular complexity index is 543. The monoisotopic (exact) mass is 273 g/mol. The van der Waals surface area contributed by atoms with Crippen molar-refractivity contribution in [2.75, 3.05) is 6.54 Å². The zero-order valence-electron chi connectivity index (χ0n) is 10.4. The Kier molecular flexibility index (Phi) is 3.55. The molecular formula is C14H15N3OS. The third-order valence-electron chi connectivity index (χ3n) is 3.19. The van der Waals surface area contributed by atoms with E-state index in [4.69, 9.17) is 0 Å². The molecule has 0 radical (unpaired) electrons. The Balaban J connectivity index is 1.50.